The smallest absolute Gasteiger partial charge is 0.257 e. The maximum atomic E-state index is 12.9. The van der Waals surface area contributed by atoms with Crippen molar-refractivity contribution in [2.75, 3.05) is 5.32 Å². The van der Waals surface area contributed by atoms with Crippen LogP contribution in [0.25, 0.3) is 0 Å². The van der Waals surface area contributed by atoms with Crippen molar-refractivity contribution in [3.8, 4) is 0 Å². The Kier molecular flexibility index (Phi) is 6.10. The van der Waals surface area contributed by atoms with Crippen LogP contribution in [0.3, 0.4) is 0 Å². The molecule has 3 rings (SSSR count). The Bertz CT molecular complexity index is 851. The minimum atomic E-state index is -0.0786. The predicted molar refractivity (Wildman–Crippen MR) is 105 cm³/mol. The summed E-state index contributed by atoms with van der Waals surface area (Å²) in [6.45, 7) is 5.09. The lowest BCUT2D eigenvalue weighted by atomic mass is 10.1. The van der Waals surface area contributed by atoms with Gasteiger partial charge in [0.05, 0.1) is 17.8 Å². The molecule has 3 aromatic rings. The zero-order valence-corrected chi connectivity index (χ0v) is 15.5. The first-order valence-electron chi connectivity index (χ1n) is 8.94. The van der Waals surface area contributed by atoms with Gasteiger partial charge in [0, 0.05) is 31.2 Å². The summed E-state index contributed by atoms with van der Waals surface area (Å²) in [6.07, 6.45) is 4.87. The van der Waals surface area contributed by atoms with Crippen LogP contribution in [0.1, 0.15) is 35.5 Å². The summed E-state index contributed by atoms with van der Waals surface area (Å²) in [5.41, 5.74) is 2.47. The van der Waals surface area contributed by atoms with Gasteiger partial charge in [-0.05, 0) is 31.5 Å². The monoisotopic (exact) mass is 361 g/mol. The van der Waals surface area contributed by atoms with Gasteiger partial charge in [0.15, 0.2) is 0 Å². The van der Waals surface area contributed by atoms with Crippen molar-refractivity contribution in [1.82, 2.24) is 19.9 Å². The molecule has 6 heteroatoms. The number of nitrogens with one attached hydrogen (secondary N) is 1. The van der Waals surface area contributed by atoms with E-state index in [9.17, 15) is 4.79 Å². The minimum Gasteiger partial charge on any atom is -0.349 e. The molecule has 0 aliphatic carbocycles. The van der Waals surface area contributed by atoms with Gasteiger partial charge >= 0.3 is 0 Å². The molecule has 0 aliphatic heterocycles. The van der Waals surface area contributed by atoms with Gasteiger partial charge in [-0.25, -0.2) is 9.97 Å². The average molecular weight is 361 g/mol. The molecule has 1 aromatic carbocycles. The maximum Gasteiger partial charge on any atom is 0.257 e. The van der Waals surface area contributed by atoms with Crippen molar-refractivity contribution < 1.29 is 4.79 Å². The third kappa shape index (κ3) is 5.10. The van der Waals surface area contributed by atoms with Crippen molar-refractivity contribution in [3.63, 3.8) is 0 Å². The van der Waals surface area contributed by atoms with Gasteiger partial charge in [-0.2, -0.15) is 0 Å². The Balaban J connectivity index is 1.66. The van der Waals surface area contributed by atoms with Gasteiger partial charge in [-0.15, -0.1) is 0 Å². The maximum absolute atomic E-state index is 12.9. The molecule has 0 spiro atoms. The van der Waals surface area contributed by atoms with Crippen molar-refractivity contribution in [3.05, 3.63) is 83.9 Å². The Morgan fingerprint density at radius 2 is 1.70 bits per heavy atom. The number of nitrogens with zero attached hydrogens (tertiary/aromatic N) is 4. The lowest BCUT2D eigenvalue weighted by molar-refractivity contribution is 0.0689. The summed E-state index contributed by atoms with van der Waals surface area (Å²) >= 11 is 0. The largest absolute Gasteiger partial charge is 0.349 e. The molecule has 0 saturated heterocycles. The van der Waals surface area contributed by atoms with Crippen molar-refractivity contribution in [2.45, 2.75) is 33.0 Å². The zero-order valence-electron chi connectivity index (χ0n) is 15.5. The fraction of sp³-hybridized carbons (Fsp3) is 0.238. The topological polar surface area (TPSA) is 71.0 Å². The molecule has 0 aliphatic rings. The quantitative estimate of drug-likeness (QED) is 0.697. The van der Waals surface area contributed by atoms with Crippen LogP contribution in [-0.2, 0) is 13.1 Å². The second kappa shape index (κ2) is 8.89. The van der Waals surface area contributed by atoms with Crippen LogP contribution < -0.4 is 5.32 Å². The molecule has 0 unspecified atom stereocenters. The first kappa shape index (κ1) is 18.5. The molecule has 27 heavy (non-hydrogen) atoms. The molecule has 138 valence electrons. The van der Waals surface area contributed by atoms with Gasteiger partial charge < -0.3 is 10.2 Å². The minimum absolute atomic E-state index is 0.0691. The van der Waals surface area contributed by atoms with E-state index in [4.69, 9.17) is 0 Å². The number of anilines is 1. The molecule has 2 heterocycles. The first-order valence-corrected chi connectivity index (χ1v) is 8.94. The first-order chi connectivity index (χ1) is 13.1. The summed E-state index contributed by atoms with van der Waals surface area (Å²) in [4.78, 5) is 27.5. The molecular formula is C21H23N5O. The summed E-state index contributed by atoms with van der Waals surface area (Å²) in [5, 5.41) is 3.11. The molecular weight excluding hydrogens is 338 g/mol. The molecule has 0 saturated carbocycles. The van der Waals surface area contributed by atoms with Gasteiger partial charge in [0.25, 0.3) is 5.91 Å². The average Bonchev–Trinajstić information content (AvgIpc) is 2.72. The number of hydrogen-bond acceptors (Lipinski definition) is 5. The van der Waals surface area contributed by atoms with E-state index in [1.165, 1.54) is 0 Å². The number of carbonyl (C=O) groups excluding carboxylic acids is 1. The fourth-order valence-corrected chi connectivity index (χ4v) is 2.64. The van der Waals surface area contributed by atoms with Gasteiger partial charge in [0.1, 0.15) is 0 Å². The molecule has 1 N–H and O–H groups in total. The molecule has 6 nitrogen and oxygen atoms in total. The Labute approximate surface area is 159 Å². The van der Waals surface area contributed by atoms with E-state index in [2.05, 4.69) is 20.3 Å². The summed E-state index contributed by atoms with van der Waals surface area (Å²) in [5.74, 6) is 0.390. The number of pyridine rings is 1. The summed E-state index contributed by atoms with van der Waals surface area (Å²) in [6, 6.07) is 15.8. The SMILES string of the molecule is CC(C)N(Cc1ccccc1)C(=O)c1cnc(NCc2ccccn2)nc1. The molecule has 0 bridgehead atoms. The normalized spacial score (nSPS) is 10.6. The molecule has 0 radical (unpaired) electrons. The fourth-order valence-electron chi connectivity index (χ4n) is 2.64. The van der Waals surface area contributed by atoms with Crippen molar-refractivity contribution >= 4 is 11.9 Å². The van der Waals surface area contributed by atoms with Crippen LogP contribution >= 0.6 is 0 Å². The highest BCUT2D eigenvalue weighted by Crippen LogP contribution is 2.13. The van der Waals surface area contributed by atoms with E-state index < -0.39 is 0 Å². The molecule has 1 amide bonds. The number of rotatable bonds is 7. The second-order valence-electron chi connectivity index (χ2n) is 6.48. The van der Waals surface area contributed by atoms with Gasteiger partial charge in [0.2, 0.25) is 5.95 Å². The Morgan fingerprint density at radius 1 is 1.00 bits per heavy atom. The molecule has 2 aromatic heterocycles. The van der Waals surface area contributed by atoms with Crippen LogP contribution in [-0.4, -0.2) is 31.8 Å². The number of hydrogen-bond donors (Lipinski definition) is 1. The van der Waals surface area contributed by atoms with E-state index in [-0.39, 0.29) is 11.9 Å². The highest BCUT2D eigenvalue weighted by molar-refractivity contribution is 5.93. The number of aromatic nitrogens is 3. The highest BCUT2D eigenvalue weighted by atomic mass is 16.2. The molecule has 0 atom stereocenters. The Morgan fingerprint density at radius 3 is 2.33 bits per heavy atom. The number of carbonyl (C=O) groups is 1. The van der Waals surface area contributed by atoms with Crippen LogP contribution in [0.2, 0.25) is 0 Å². The highest BCUT2D eigenvalue weighted by Gasteiger charge is 2.19. The van der Waals surface area contributed by atoms with E-state index in [0.717, 1.165) is 11.3 Å². The summed E-state index contributed by atoms with van der Waals surface area (Å²) in [7, 11) is 0. The van der Waals surface area contributed by atoms with Gasteiger partial charge in [-0.1, -0.05) is 36.4 Å². The van der Waals surface area contributed by atoms with Crippen LogP contribution in [0.5, 0.6) is 0 Å². The van der Waals surface area contributed by atoms with Crippen molar-refractivity contribution in [2.24, 2.45) is 0 Å². The van der Waals surface area contributed by atoms with Crippen molar-refractivity contribution in [1.29, 1.82) is 0 Å². The lowest BCUT2D eigenvalue weighted by Crippen LogP contribution is -2.36. The Hall–Kier alpha value is -3.28. The third-order valence-electron chi connectivity index (χ3n) is 4.13. The van der Waals surface area contributed by atoms with Crippen LogP contribution in [0, 0.1) is 0 Å². The van der Waals surface area contributed by atoms with Crippen LogP contribution in [0.15, 0.2) is 67.1 Å². The van der Waals surface area contributed by atoms with Crippen LogP contribution in [0.4, 0.5) is 5.95 Å². The lowest BCUT2D eigenvalue weighted by Gasteiger charge is -2.26. The standard InChI is InChI=1S/C21H23N5O/c1-16(2)26(15-17-8-4-3-5-9-17)20(27)18-12-23-21(24-13-18)25-14-19-10-6-7-11-22-19/h3-13,16H,14-15H2,1-2H3,(H,23,24,25). The van der Waals surface area contributed by atoms with E-state index >= 15 is 0 Å². The van der Waals surface area contributed by atoms with Gasteiger partial charge in [-0.3, -0.25) is 9.78 Å². The zero-order chi connectivity index (χ0) is 19.1. The summed E-state index contributed by atoms with van der Waals surface area (Å²) < 4.78 is 0. The molecule has 0 fully saturated rings. The number of amides is 1. The predicted octanol–water partition coefficient (Wildman–Crippen LogP) is 3.53. The van der Waals surface area contributed by atoms with E-state index in [1.54, 1.807) is 18.6 Å². The third-order valence-corrected chi connectivity index (χ3v) is 4.13. The second-order valence-corrected chi connectivity index (χ2v) is 6.48. The van der Waals surface area contributed by atoms with E-state index in [0.29, 0.717) is 24.6 Å². The van der Waals surface area contributed by atoms with E-state index in [1.807, 2.05) is 67.3 Å². The number of benzene rings is 1.